The van der Waals surface area contributed by atoms with Crippen LogP contribution in [0.1, 0.15) is 12.8 Å². The minimum atomic E-state index is 1.19. The zero-order chi connectivity index (χ0) is 3.70. The van der Waals surface area contributed by atoms with Crippen molar-refractivity contribution in [3.8, 4) is 12.3 Å². The van der Waals surface area contributed by atoms with Gasteiger partial charge in [0.25, 0.3) is 0 Å². The summed E-state index contributed by atoms with van der Waals surface area (Å²) in [4.78, 5) is 0. The third-order valence-corrected chi connectivity index (χ3v) is 0.704. The van der Waals surface area contributed by atoms with Crippen LogP contribution >= 0.6 is 0 Å². The third kappa shape index (κ3) is 0.417. The van der Waals surface area contributed by atoms with Crippen LogP contribution in [0.15, 0.2) is 0 Å². The van der Waals surface area contributed by atoms with Crippen molar-refractivity contribution in [2.24, 2.45) is 0 Å². The highest BCUT2D eigenvalue weighted by Gasteiger charge is 2.17. The lowest BCUT2D eigenvalue weighted by atomic mass is 10.5. The van der Waals surface area contributed by atoms with E-state index in [1.807, 2.05) is 0 Å². The Morgan fingerprint density at radius 1 is 1.60 bits per heavy atom. The van der Waals surface area contributed by atoms with Crippen LogP contribution in [-0.4, -0.2) is 0 Å². The van der Waals surface area contributed by atoms with E-state index in [1.165, 1.54) is 18.8 Å². The molecule has 0 bridgehead atoms. The summed E-state index contributed by atoms with van der Waals surface area (Å²) < 4.78 is 0. The normalized spacial score (nSPS) is 21.4. The van der Waals surface area contributed by atoms with E-state index >= 15 is 0 Å². The quantitative estimate of drug-likeness (QED) is 0.369. The molecule has 1 aliphatic carbocycles. The number of hydrogen-bond acceptors (Lipinski definition) is 0. The van der Waals surface area contributed by atoms with Crippen LogP contribution in [-0.2, 0) is 0 Å². The first kappa shape index (κ1) is 2.78. The van der Waals surface area contributed by atoms with Gasteiger partial charge in [-0.05, 0) is 12.8 Å². The van der Waals surface area contributed by atoms with Gasteiger partial charge in [-0.2, -0.15) is 0 Å². The molecule has 0 atom stereocenters. The van der Waals surface area contributed by atoms with E-state index in [0.717, 1.165) is 0 Å². The first-order valence-electron chi connectivity index (χ1n) is 1.75. The molecule has 0 amide bonds. The number of rotatable bonds is 0. The van der Waals surface area contributed by atoms with E-state index in [9.17, 15) is 0 Å². The second kappa shape index (κ2) is 0.755. The SMILES string of the molecule is C#C[C]1CC1. The van der Waals surface area contributed by atoms with Gasteiger partial charge < -0.3 is 0 Å². The van der Waals surface area contributed by atoms with Gasteiger partial charge in [0.2, 0.25) is 0 Å². The van der Waals surface area contributed by atoms with E-state index < -0.39 is 0 Å². The molecular formula is C5H5. The summed E-state index contributed by atoms with van der Waals surface area (Å²) in [6, 6.07) is 0. The largest absolute Gasteiger partial charge is 0.119 e. The molecule has 0 aromatic rings. The molecule has 0 aromatic carbocycles. The Balaban J connectivity index is 2.30. The molecule has 1 aliphatic rings. The molecule has 1 saturated carbocycles. The Morgan fingerprint density at radius 2 is 2.20 bits per heavy atom. The Kier molecular flexibility index (Phi) is 0.420. The molecule has 0 heteroatoms. The van der Waals surface area contributed by atoms with Gasteiger partial charge in [-0.25, -0.2) is 0 Å². The van der Waals surface area contributed by atoms with Gasteiger partial charge in [0.15, 0.2) is 0 Å². The maximum absolute atomic E-state index is 4.95. The molecule has 1 radical (unpaired) electrons. The third-order valence-electron chi connectivity index (χ3n) is 0.704. The highest BCUT2D eigenvalue weighted by atomic mass is 14.2. The lowest BCUT2D eigenvalue weighted by Gasteiger charge is -1.56. The molecule has 0 N–H and O–H groups in total. The van der Waals surface area contributed by atoms with Gasteiger partial charge in [-0.3, -0.25) is 0 Å². The number of hydrogen-bond donors (Lipinski definition) is 0. The number of terminal acetylenes is 1. The predicted octanol–water partition coefficient (Wildman–Crippen LogP) is 0.988. The van der Waals surface area contributed by atoms with E-state index in [2.05, 4.69) is 5.92 Å². The van der Waals surface area contributed by atoms with Gasteiger partial charge >= 0.3 is 0 Å². The van der Waals surface area contributed by atoms with Crippen molar-refractivity contribution >= 4 is 0 Å². The fraction of sp³-hybridized carbons (Fsp3) is 0.400. The van der Waals surface area contributed by atoms with Crippen molar-refractivity contribution in [1.29, 1.82) is 0 Å². The maximum Gasteiger partial charge on any atom is 0.0478 e. The molecule has 0 heterocycles. The average Bonchev–Trinajstić information content (AvgIpc) is 2.12. The summed E-state index contributed by atoms with van der Waals surface area (Å²) >= 11 is 0. The summed E-state index contributed by atoms with van der Waals surface area (Å²) in [5, 5.41) is 0. The maximum atomic E-state index is 4.95. The monoisotopic (exact) mass is 65.0 g/mol. The molecule has 0 aliphatic heterocycles. The van der Waals surface area contributed by atoms with E-state index in [4.69, 9.17) is 6.42 Å². The summed E-state index contributed by atoms with van der Waals surface area (Å²) in [7, 11) is 0. The Hall–Kier alpha value is -0.440. The first-order chi connectivity index (χ1) is 2.43. The van der Waals surface area contributed by atoms with Gasteiger partial charge in [0.1, 0.15) is 0 Å². The molecule has 0 unspecified atom stereocenters. The first-order valence-corrected chi connectivity index (χ1v) is 1.75. The zero-order valence-electron chi connectivity index (χ0n) is 2.99. The van der Waals surface area contributed by atoms with Crippen LogP contribution in [0.5, 0.6) is 0 Å². The summed E-state index contributed by atoms with van der Waals surface area (Å²) in [6.07, 6.45) is 7.33. The fourth-order valence-corrected chi connectivity index (χ4v) is 0.207. The van der Waals surface area contributed by atoms with Crippen molar-refractivity contribution in [2.45, 2.75) is 12.8 Å². The van der Waals surface area contributed by atoms with E-state index in [-0.39, 0.29) is 0 Å². The molecule has 0 spiro atoms. The van der Waals surface area contributed by atoms with Crippen molar-refractivity contribution in [1.82, 2.24) is 0 Å². The van der Waals surface area contributed by atoms with Gasteiger partial charge in [0, 0.05) is 5.92 Å². The smallest absolute Gasteiger partial charge is 0.0478 e. The molecule has 1 fully saturated rings. The molecule has 0 aromatic heterocycles. The van der Waals surface area contributed by atoms with Gasteiger partial charge in [-0.1, -0.05) is 5.92 Å². The van der Waals surface area contributed by atoms with Crippen molar-refractivity contribution in [3.63, 3.8) is 0 Å². The lowest BCUT2D eigenvalue weighted by molar-refractivity contribution is 1.50. The summed E-state index contributed by atoms with van der Waals surface area (Å²) in [5.41, 5.74) is 0. The summed E-state index contributed by atoms with van der Waals surface area (Å²) in [6.45, 7) is 0. The van der Waals surface area contributed by atoms with Crippen LogP contribution in [0.3, 0.4) is 0 Å². The molecule has 25 valence electrons. The minimum absolute atomic E-state index is 1.19. The van der Waals surface area contributed by atoms with Crippen molar-refractivity contribution in [2.75, 3.05) is 0 Å². The van der Waals surface area contributed by atoms with E-state index in [1.54, 1.807) is 0 Å². The molecule has 0 saturated heterocycles. The lowest BCUT2D eigenvalue weighted by Crippen LogP contribution is -1.48. The minimum Gasteiger partial charge on any atom is -0.119 e. The predicted molar refractivity (Wildman–Crippen MR) is 21.3 cm³/mol. The Morgan fingerprint density at radius 3 is 2.20 bits per heavy atom. The Bertz CT molecular complexity index is 62.6. The molecular weight excluding hydrogens is 60.1 g/mol. The zero-order valence-corrected chi connectivity index (χ0v) is 2.99. The topological polar surface area (TPSA) is 0 Å². The second-order valence-corrected chi connectivity index (χ2v) is 1.25. The van der Waals surface area contributed by atoms with Gasteiger partial charge in [-0.15, -0.1) is 6.42 Å². The standard InChI is InChI=1S/C5H5/c1-2-5-3-4-5/h1H,3-4H2. The van der Waals surface area contributed by atoms with Crippen molar-refractivity contribution < 1.29 is 0 Å². The van der Waals surface area contributed by atoms with Crippen LogP contribution in [0.2, 0.25) is 0 Å². The Labute approximate surface area is 32.2 Å². The van der Waals surface area contributed by atoms with Crippen molar-refractivity contribution in [3.05, 3.63) is 5.92 Å². The van der Waals surface area contributed by atoms with Crippen LogP contribution < -0.4 is 0 Å². The molecule has 0 nitrogen and oxygen atoms in total. The molecule has 1 rings (SSSR count). The second-order valence-electron chi connectivity index (χ2n) is 1.25. The highest BCUT2D eigenvalue weighted by molar-refractivity contribution is 5.26. The summed E-state index contributed by atoms with van der Waals surface area (Å²) in [5.74, 6) is 3.84. The average molecular weight is 65.1 g/mol. The van der Waals surface area contributed by atoms with E-state index in [0.29, 0.717) is 0 Å². The van der Waals surface area contributed by atoms with Crippen LogP contribution in [0, 0.1) is 18.3 Å². The molecule has 5 heavy (non-hydrogen) atoms. The highest BCUT2D eigenvalue weighted by Crippen LogP contribution is 2.29. The van der Waals surface area contributed by atoms with Gasteiger partial charge in [0.05, 0.1) is 0 Å². The van der Waals surface area contributed by atoms with Crippen LogP contribution in [0.25, 0.3) is 0 Å². The van der Waals surface area contributed by atoms with Crippen LogP contribution in [0.4, 0.5) is 0 Å². The fourth-order valence-electron chi connectivity index (χ4n) is 0.207.